The molecule has 1 aliphatic rings. The van der Waals surface area contributed by atoms with Crippen LogP contribution in [0.25, 0.3) is 0 Å². The highest BCUT2D eigenvalue weighted by Gasteiger charge is 2.27. The standard InChI is InChI=1S/C14H24ClN3S/c1-4-13(14-16-11(9-15)10-19-14)18-7-5-12(6-8-18)17(2)3/h10,12-13H,4-9H2,1-3H3. The fraction of sp³-hybridized carbons (Fsp3) is 0.786. The van der Waals surface area contributed by atoms with Gasteiger partial charge in [0.2, 0.25) is 0 Å². The van der Waals surface area contributed by atoms with Gasteiger partial charge in [-0.05, 0) is 33.4 Å². The zero-order valence-corrected chi connectivity index (χ0v) is 13.7. The van der Waals surface area contributed by atoms with Crippen LogP contribution in [0.4, 0.5) is 0 Å². The molecule has 1 fully saturated rings. The molecular formula is C14H24ClN3S. The van der Waals surface area contributed by atoms with Crippen LogP contribution in [0.15, 0.2) is 5.38 Å². The number of hydrogen-bond acceptors (Lipinski definition) is 4. The second-order valence-corrected chi connectivity index (χ2v) is 6.62. The summed E-state index contributed by atoms with van der Waals surface area (Å²) in [6, 6.07) is 1.22. The monoisotopic (exact) mass is 301 g/mol. The average Bonchev–Trinajstić information content (AvgIpc) is 2.89. The quantitative estimate of drug-likeness (QED) is 0.778. The highest BCUT2D eigenvalue weighted by molar-refractivity contribution is 7.09. The largest absolute Gasteiger partial charge is 0.306 e. The number of thiazole rings is 1. The van der Waals surface area contributed by atoms with Crippen molar-refractivity contribution in [3.8, 4) is 0 Å². The second-order valence-electron chi connectivity index (χ2n) is 5.47. The topological polar surface area (TPSA) is 19.4 Å². The minimum Gasteiger partial charge on any atom is -0.306 e. The van der Waals surface area contributed by atoms with Gasteiger partial charge in [-0.1, -0.05) is 6.92 Å². The summed E-state index contributed by atoms with van der Waals surface area (Å²) >= 11 is 7.61. The summed E-state index contributed by atoms with van der Waals surface area (Å²) in [6.45, 7) is 4.61. The van der Waals surface area contributed by atoms with Crippen LogP contribution in [0.3, 0.4) is 0 Å². The molecule has 2 rings (SSSR count). The summed E-state index contributed by atoms with van der Waals surface area (Å²) < 4.78 is 0. The average molecular weight is 302 g/mol. The van der Waals surface area contributed by atoms with Gasteiger partial charge in [-0.25, -0.2) is 4.98 Å². The van der Waals surface area contributed by atoms with E-state index in [1.807, 2.05) is 0 Å². The van der Waals surface area contributed by atoms with Gasteiger partial charge in [-0.3, -0.25) is 4.90 Å². The predicted octanol–water partition coefficient (Wildman–Crippen LogP) is 3.36. The van der Waals surface area contributed by atoms with E-state index in [-0.39, 0.29) is 0 Å². The lowest BCUT2D eigenvalue weighted by molar-refractivity contribution is 0.106. The molecule has 0 saturated carbocycles. The summed E-state index contributed by atoms with van der Waals surface area (Å²) in [7, 11) is 4.37. The lowest BCUT2D eigenvalue weighted by atomic mass is 10.0. The molecule has 0 aliphatic carbocycles. The molecule has 3 nitrogen and oxygen atoms in total. The number of halogens is 1. The van der Waals surface area contributed by atoms with Crippen LogP contribution in [0.1, 0.15) is 42.9 Å². The van der Waals surface area contributed by atoms with Crippen molar-refractivity contribution in [2.75, 3.05) is 27.2 Å². The maximum Gasteiger partial charge on any atom is 0.110 e. The number of aromatic nitrogens is 1. The van der Waals surface area contributed by atoms with E-state index in [0.717, 1.165) is 18.2 Å². The molecule has 0 spiro atoms. The van der Waals surface area contributed by atoms with Crippen LogP contribution >= 0.6 is 22.9 Å². The van der Waals surface area contributed by atoms with Crippen molar-refractivity contribution in [1.29, 1.82) is 0 Å². The Labute approximate surface area is 125 Å². The molecule has 0 aromatic carbocycles. The molecule has 0 bridgehead atoms. The van der Waals surface area contributed by atoms with Crippen molar-refractivity contribution in [3.63, 3.8) is 0 Å². The molecule has 1 aliphatic heterocycles. The molecule has 1 unspecified atom stereocenters. The number of likely N-dealkylation sites (tertiary alicyclic amines) is 1. The van der Waals surface area contributed by atoms with Crippen LogP contribution in [-0.4, -0.2) is 48.0 Å². The zero-order chi connectivity index (χ0) is 13.8. The number of rotatable bonds is 5. The van der Waals surface area contributed by atoms with Crippen LogP contribution in [0.2, 0.25) is 0 Å². The van der Waals surface area contributed by atoms with Gasteiger partial charge in [-0.15, -0.1) is 22.9 Å². The molecule has 2 heterocycles. The van der Waals surface area contributed by atoms with Crippen molar-refractivity contribution < 1.29 is 0 Å². The fourth-order valence-corrected chi connectivity index (χ4v) is 4.10. The van der Waals surface area contributed by atoms with Gasteiger partial charge in [0.15, 0.2) is 0 Å². The maximum absolute atomic E-state index is 5.85. The minimum atomic E-state index is 0.477. The normalized spacial score (nSPS) is 20.1. The third-order valence-corrected chi connectivity index (χ3v) is 5.32. The van der Waals surface area contributed by atoms with E-state index in [2.05, 4.69) is 41.2 Å². The molecule has 0 amide bonds. The van der Waals surface area contributed by atoms with E-state index >= 15 is 0 Å². The Hall–Kier alpha value is -0.160. The fourth-order valence-electron chi connectivity index (χ4n) is 2.84. The van der Waals surface area contributed by atoms with Gasteiger partial charge < -0.3 is 4.90 Å². The number of piperidine rings is 1. The highest BCUT2D eigenvalue weighted by atomic mass is 35.5. The molecule has 5 heteroatoms. The first-order valence-corrected chi connectivity index (χ1v) is 8.47. The molecule has 108 valence electrons. The summed E-state index contributed by atoms with van der Waals surface area (Å²) in [5.74, 6) is 0.523. The summed E-state index contributed by atoms with van der Waals surface area (Å²) in [5.41, 5.74) is 1.02. The van der Waals surface area contributed by atoms with E-state index in [1.54, 1.807) is 11.3 Å². The Morgan fingerprint density at radius 1 is 1.47 bits per heavy atom. The van der Waals surface area contributed by atoms with Gasteiger partial charge >= 0.3 is 0 Å². The first-order chi connectivity index (χ1) is 9.15. The lowest BCUT2D eigenvalue weighted by Crippen LogP contribution is -2.43. The molecule has 0 radical (unpaired) electrons. The molecule has 1 aromatic rings. The molecule has 19 heavy (non-hydrogen) atoms. The number of alkyl halides is 1. The van der Waals surface area contributed by atoms with Crippen molar-refractivity contribution >= 4 is 22.9 Å². The van der Waals surface area contributed by atoms with Gasteiger partial charge in [0.25, 0.3) is 0 Å². The van der Waals surface area contributed by atoms with Crippen molar-refractivity contribution in [1.82, 2.24) is 14.8 Å². The predicted molar refractivity (Wildman–Crippen MR) is 83.0 cm³/mol. The van der Waals surface area contributed by atoms with Crippen LogP contribution in [-0.2, 0) is 5.88 Å². The molecule has 1 atom stereocenters. The van der Waals surface area contributed by atoms with E-state index in [4.69, 9.17) is 11.6 Å². The Morgan fingerprint density at radius 2 is 2.16 bits per heavy atom. The summed E-state index contributed by atoms with van der Waals surface area (Å²) in [4.78, 5) is 9.61. The maximum atomic E-state index is 5.85. The van der Waals surface area contributed by atoms with Gasteiger partial charge in [0, 0.05) is 24.5 Å². The van der Waals surface area contributed by atoms with E-state index in [0.29, 0.717) is 11.9 Å². The summed E-state index contributed by atoms with van der Waals surface area (Å²) in [6.07, 6.45) is 3.65. The summed E-state index contributed by atoms with van der Waals surface area (Å²) in [5, 5.41) is 3.33. The number of hydrogen-bond donors (Lipinski definition) is 0. The van der Waals surface area contributed by atoms with Gasteiger partial charge in [-0.2, -0.15) is 0 Å². The smallest absolute Gasteiger partial charge is 0.110 e. The first kappa shape index (κ1) is 15.2. The third-order valence-electron chi connectivity index (χ3n) is 4.05. The Kier molecular flexibility index (Phi) is 5.63. The van der Waals surface area contributed by atoms with Crippen molar-refractivity contribution in [3.05, 3.63) is 16.1 Å². The van der Waals surface area contributed by atoms with E-state index in [1.165, 1.54) is 30.9 Å². The van der Waals surface area contributed by atoms with Crippen LogP contribution in [0.5, 0.6) is 0 Å². The third kappa shape index (κ3) is 3.69. The molecular weight excluding hydrogens is 278 g/mol. The van der Waals surface area contributed by atoms with Crippen molar-refractivity contribution in [2.24, 2.45) is 0 Å². The Morgan fingerprint density at radius 3 is 2.63 bits per heavy atom. The molecule has 1 aromatic heterocycles. The van der Waals surface area contributed by atoms with E-state index in [9.17, 15) is 0 Å². The Bertz CT molecular complexity index is 386. The van der Waals surface area contributed by atoms with E-state index < -0.39 is 0 Å². The SMILES string of the molecule is CCC(c1nc(CCl)cs1)N1CCC(N(C)C)CC1. The van der Waals surface area contributed by atoms with Crippen LogP contribution in [0, 0.1) is 0 Å². The lowest BCUT2D eigenvalue weighted by Gasteiger charge is -2.38. The van der Waals surface area contributed by atoms with Crippen LogP contribution < -0.4 is 0 Å². The second kappa shape index (κ2) is 7.02. The zero-order valence-electron chi connectivity index (χ0n) is 12.1. The first-order valence-electron chi connectivity index (χ1n) is 7.06. The van der Waals surface area contributed by atoms with Gasteiger partial charge in [0.05, 0.1) is 17.6 Å². The Balaban J connectivity index is 1.99. The molecule has 0 N–H and O–H groups in total. The molecule has 1 saturated heterocycles. The minimum absolute atomic E-state index is 0.477. The van der Waals surface area contributed by atoms with Gasteiger partial charge in [0.1, 0.15) is 5.01 Å². The number of nitrogens with zero attached hydrogens (tertiary/aromatic N) is 3. The highest BCUT2D eigenvalue weighted by Crippen LogP contribution is 2.30. The van der Waals surface area contributed by atoms with Crippen molar-refractivity contribution in [2.45, 2.75) is 44.1 Å².